The normalized spacial score (nSPS) is 10.7. The Kier molecular flexibility index (Phi) is 4.43. The van der Waals surface area contributed by atoms with E-state index in [1.807, 2.05) is 30.3 Å². The molecule has 0 amide bonds. The second kappa shape index (κ2) is 6.66. The molecule has 3 aromatic rings. The van der Waals surface area contributed by atoms with Crippen molar-refractivity contribution in [3.63, 3.8) is 0 Å². The monoisotopic (exact) mass is 328 g/mol. The number of nitrogens with zero attached hydrogens (tertiary/aromatic N) is 2. The summed E-state index contributed by atoms with van der Waals surface area (Å²) in [7, 11) is 0. The molecule has 0 saturated heterocycles. The highest BCUT2D eigenvalue weighted by atomic mass is 32.1. The summed E-state index contributed by atoms with van der Waals surface area (Å²) in [4.78, 5) is 12.3. The first-order valence-corrected chi connectivity index (χ1v) is 7.42. The molecule has 116 valence electrons. The maximum absolute atomic E-state index is 12.9. The first kappa shape index (κ1) is 15.3. The van der Waals surface area contributed by atoms with Crippen LogP contribution >= 0.6 is 12.2 Å². The minimum Gasteiger partial charge on any atom is -0.414 e. The first-order chi connectivity index (χ1) is 11.1. The van der Waals surface area contributed by atoms with Gasteiger partial charge in [0.05, 0.1) is 6.42 Å². The van der Waals surface area contributed by atoms with Crippen LogP contribution in [0.4, 0.5) is 4.39 Å². The zero-order chi connectivity index (χ0) is 16.2. The van der Waals surface area contributed by atoms with Gasteiger partial charge >= 0.3 is 0 Å². The minimum absolute atomic E-state index is 0.0389. The van der Waals surface area contributed by atoms with Crippen LogP contribution in [0.1, 0.15) is 21.8 Å². The smallest absolute Gasteiger partial charge is 0.287 e. The van der Waals surface area contributed by atoms with Crippen LogP contribution in [0.5, 0.6) is 0 Å². The average Bonchev–Trinajstić information content (AvgIpc) is 2.88. The van der Waals surface area contributed by atoms with E-state index in [2.05, 4.69) is 5.10 Å². The van der Waals surface area contributed by atoms with Gasteiger partial charge in [-0.3, -0.25) is 4.79 Å². The zero-order valence-corrected chi connectivity index (χ0v) is 12.9. The van der Waals surface area contributed by atoms with E-state index in [0.717, 1.165) is 5.56 Å². The van der Waals surface area contributed by atoms with Gasteiger partial charge in [0.2, 0.25) is 5.89 Å². The van der Waals surface area contributed by atoms with Gasteiger partial charge in [-0.15, -0.1) is 5.10 Å². The molecule has 4 nitrogen and oxygen atoms in total. The van der Waals surface area contributed by atoms with Gasteiger partial charge in [0.1, 0.15) is 12.4 Å². The Labute approximate surface area is 137 Å². The van der Waals surface area contributed by atoms with E-state index in [1.165, 1.54) is 28.9 Å². The molecule has 23 heavy (non-hydrogen) atoms. The Balaban J connectivity index is 1.75. The largest absolute Gasteiger partial charge is 0.414 e. The van der Waals surface area contributed by atoms with Crippen molar-refractivity contribution < 1.29 is 13.6 Å². The van der Waals surface area contributed by atoms with Crippen molar-refractivity contribution in [2.24, 2.45) is 0 Å². The van der Waals surface area contributed by atoms with Crippen molar-refractivity contribution in [1.82, 2.24) is 9.78 Å². The summed E-state index contributed by atoms with van der Waals surface area (Å²) >= 11 is 5.10. The number of carbonyl (C=O) groups is 1. The highest BCUT2D eigenvalue weighted by molar-refractivity contribution is 7.71. The highest BCUT2D eigenvalue weighted by Crippen LogP contribution is 2.10. The predicted molar refractivity (Wildman–Crippen MR) is 85.3 cm³/mol. The number of halogens is 1. The third-order valence-corrected chi connectivity index (χ3v) is 3.60. The van der Waals surface area contributed by atoms with Gasteiger partial charge in [-0.2, -0.15) is 0 Å². The van der Waals surface area contributed by atoms with Crippen molar-refractivity contribution in [3.05, 3.63) is 82.3 Å². The van der Waals surface area contributed by atoms with Gasteiger partial charge in [-0.05, 0) is 42.0 Å². The van der Waals surface area contributed by atoms with Crippen LogP contribution < -0.4 is 0 Å². The second-order valence-electron chi connectivity index (χ2n) is 5.01. The Morgan fingerprint density at radius 3 is 2.52 bits per heavy atom. The number of benzene rings is 2. The number of aromatic nitrogens is 2. The van der Waals surface area contributed by atoms with Crippen LogP contribution in [0.25, 0.3) is 0 Å². The Morgan fingerprint density at radius 2 is 1.83 bits per heavy atom. The lowest BCUT2D eigenvalue weighted by Gasteiger charge is -2.00. The maximum atomic E-state index is 12.9. The van der Waals surface area contributed by atoms with Crippen molar-refractivity contribution in [2.75, 3.05) is 0 Å². The summed E-state index contributed by atoms with van der Waals surface area (Å²) in [5.41, 5.74) is 1.45. The molecule has 1 heterocycles. The predicted octanol–water partition coefficient (Wildman–Crippen LogP) is 3.82. The molecule has 0 radical (unpaired) electrons. The molecule has 0 unspecified atom stereocenters. The Hall–Kier alpha value is -2.60. The molecule has 0 saturated carbocycles. The lowest BCUT2D eigenvalue weighted by molar-refractivity contribution is 0.0966. The van der Waals surface area contributed by atoms with Crippen LogP contribution in [0.3, 0.4) is 0 Å². The van der Waals surface area contributed by atoms with E-state index in [0.29, 0.717) is 17.9 Å². The molecule has 3 rings (SSSR count). The highest BCUT2D eigenvalue weighted by Gasteiger charge is 2.12. The second-order valence-corrected chi connectivity index (χ2v) is 5.36. The number of hydrogen-bond acceptors (Lipinski definition) is 4. The fraction of sp³-hybridized carbons (Fsp3) is 0.118. The fourth-order valence-corrected chi connectivity index (χ4v) is 2.36. The lowest BCUT2D eigenvalue weighted by Crippen LogP contribution is -2.12. The standard InChI is InChI=1S/C17H13FN2O2S/c18-14-8-6-13(7-9-14)15(21)11-20-17(23)22-16(19-20)10-12-4-2-1-3-5-12/h1-9H,10-11H2. The van der Waals surface area contributed by atoms with Crippen LogP contribution in [0.2, 0.25) is 0 Å². The molecule has 0 aliphatic heterocycles. The molecule has 0 spiro atoms. The van der Waals surface area contributed by atoms with Crippen molar-refractivity contribution in [1.29, 1.82) is 0 Å². The summed E-state index contributed by atoms with van der Waals surface area (Å²) in [6.45, 7) is -0.0389. The molecule has 1 aromatic heterocycles. The number of Topliss-reactive ketones (excluding diaryl/α,β-unsaturated/α-hetero) is 1. The zero-order valence-electron chi connectivity index (χ0n) is 12.1. The maximum Gasteiger partial charge on any atom is 0.287 e. The van der Waals surface area contributed by atoms with Gasteiger partial charge in [-0.25, -0.2) is 9.07 Å². The third kappa shape index (κ3) is 3.78. The Bertz CT molecular complexity index is 870. The van der Waals surface area contributed by atoms with Gasteiger partial charge in [0, 0.05) is 5.56 Å². The summed E-state index contributed by atoms with van der Waals surface area (Å²) < 4.78 is 19.7. The van der Waals surface area contributed by atoms with Crippen LogP contribution in [-0.4, -0.2) is 15.6 Å². The molecule has 0 atom stereocenters. The van der Waals surface area contributed by atoms with Crippen molar-refractivity contribution in [2.45, 2.75) is 13.0 Å². The molecule has 0 bridgehead atoms. The van der Waals surface area contributed by atoms with Crippen molar-refractivity contribution >= 4 is 18.0 Å². The van der Waals surface area contributed by atoms with E-state index < -0.39 is 0 Å². The van der Waals surface area contributed by atoms with E-state index in [4.69, 9.17) is 16.6 Å². The number of ketones is 1. The topological polar surface area (TPSA) is 48.0 Å². The molecule has 2 aromatic carbocycles. The number of rotatable bonds is 5. The summed E-state index contributed by atoms with van der Waals surface area (Å²) in [5, 5.41) is 4.24. The van der Waals surface area contributed by atoms with Gasteiger partial charge in [0.15, 0.2) is 5.78 Å². The van der Waals surface area contributed by atoms with Gasteiger partial charge < -0.3 is 4.42 Å². The first-order valence-electron chi connectivity index (χ1n) is 7.01. The molecule has 0 fully saturated rings. The average molecular weight is 328 g/mol. The molecule has 0 aliphatic rings. The summed E-state index contributed by atoms with van der Waals surface area (Å²) in [6.07, 6.45) is 0.502. The molecule has 6 heteroatoms. The fourth-order valence-electron chi connectivity index (χ4n) is 2.15. The van der Waals surface area contributed by atoms with E-state index >= 15 is 0 Å². The third-order valence-electron chi connectivity index (χ3n) is 3.31. The molecule has 0 aliphatic carbocycles. The van der Waals surface area contributed by atoms with Crippen molar-refractivity contribution in [3.8, 4) is 0 Å². The summed E-state index contributed by atoms with van der Waals surface area (Å²) in [6, 6.07) is 15.1. The van der Waals surface area contributed by atoms with Crippen LogP contribution in [0, 0.1) is 10.7 Å². The van der Waals surface area contributed by atoms with E-state index in [1.54, 1.807) is 0 Å². The van der Waals surface area contributed by atoms with Gasteiger partial charge in [-0.1, -0.05) is 30.3 Å². The van der Waals surface area contributed by atoms with Crippen LogP contribution in [0.15, 0.2) is 59.0 Å². The quantitative estimate of drug-likeness (QED) is 0.528. The summed E-state index contributed by atoms with van der Waals surface area (Å²) in [5.74, 6) is -0.140. The molecule has 0 N–H and O–H groups in total. The number of hydrogen-bond donors (Lipinski definition) is 0. The van der Waals surface area contributed by atoms with Crippen LogP contribution in [-0.2, 0) is 13.0 Å². The molecular weight excluding hydrogens is 315 g/mol. The number of carbonyl (C=O) groups excluding carboxylic acids is 1. The molecular formula is C17H13FN2O2S. The Morgan fingerprint density at radius 1 is 1.13 bits per heavy atom. The van der Waals surface area contributed by atoms with E-state index in [9.17, 15) is 9.18 Å². The van der Waals surface area contributed by atoms with Gasteiger partial charge in [0.25, 0.3) is 4.84 Å². The van der Waals surface area contributed by atoms with E-state index in [-0.39, 0.29) is 23.0 Å². The lowest BCUT2D eigenvalue weighted by atomic mass is 10.1. The minimum atomic E-state index is -0.384. The SMILES string of the molecule is O=C(Cn1nc(Cc2ccccc2)oc1=S)c1ccc(F)cc1.